The van der Waals surface area contributed by atoms with Gasteiger partial charge in [0.15, 0.2) is 14.7 Å². The van der Waals surface area contributed by atoms with Crippen LogP contribution in [-0.2, 0) is 10.9 Å². The predicted octanol–water partition coefficient (Wildman–Crippen LogP) is 10.2. The van der Waals surface area contributed by atoms with Crippen LogP contribution in [0, 0.1) is 17.5 Å². The monoisotopic (exact) mass is 635 g/mol. The van der Waals surface area contributed by atoms with Crippen LogP contribution < -0.4 is 14.2 Å². The average molecular weight is 636 g/mol. The number of benzene rings is 6. The molecule has 0 heterocycles. The molecule has 0 amide bonds. The normalized spacial score (nSPS) is 11.0. The van der Waals surface area contributed by atoms with Crippen LogP contribution in [-0.4, -0.2) is 21.3 Å². The van der Waals surface area contributed by atoms with Crippen LogP contribution in [0.2, 0.25) is 0 Å². The van der Waals surface area contributed by atoms with Crippen molar-refractivity contribution in [2.75, 3.05) is 21.3 Å². The van der Waals surface area contributed by atoms with Crippen molar-refractivity contribution in [2.45, 2.75) is 14.7 Å². The first-order valence-electron chi connectivity index (χ1n) is 14.5. The zero-order valence-electron chi connectivity index (χ0n) is 25.4. The van der Waals surface area contributed by atoms with Crippen LogP contribution in [0.4, 0.5) is 13.2 Å². The largest absolute Gasteiger partial charge is 0.497 e. The number of hydrogen-bond donors (Lipinski definition) is 0. The lowest BCUT2D eigenvalue weighted by molar-refractivity contribution is 0.414. The van der Waals surface area contributed by atoms with Crippen LogP contribution in [0.25, 0.3) is 33.4 Å². The Balaban J connectivity index is 1.75. The molecule has 0 bridgehead atoms. The summed E-state index contributed by atoms with van der Waals surface area (Å²) in [6.07, 6.45) is 0. The minimum absolute atomic E-state index is 0.376. The minimum atomic E-state index is -0.919. The zero-order valence-corrected chi connectivity index (χ0v) is 26.2. The molecule has 6 aromatic rings. The van der Waals surface area contributed by atoms with Crippen LogP contribution in [0.5, 0.6) is 17.2 Å². The first-order valence-corrected chi connectivity index (χ1v) is 15.7. The van der Waals surface area contributed by atoms with Crippen molar-refractivity contribution in [3.8, 4) is 50.6 Å². The van der Waals surface area contributed by atoms with E-state index >= 15 is 4.39 Å². The molecule has 46 heavy (non-hydrogen) atoms. The smallest absolute Gasteiger partial charge is 0.175 e. The SMILES string of the molecule is COc1ccc(-c2cc([S+](c3ccc(F)cc3)c3ccc(F)cc3)c(-c3ccc(OC)cc3)c(-c3ccc(OC)cc3)c2F)cc1. The first kappa shape index (κ1) is 30.9. The van der Waals surface area contributed by atoms with Gasteiger partial charge in [-0.3, -0.25) is 0 Å². The molecule has 0 saturated heterocycles. The average Bonchev–Trinajstić information content (AvgIpc) is 3.10. The maximum atomic E-state index is 17.3. The van der Waals surface area contributed by atoms with E-state index in [0.29, 0.717) is 45.1 Å². The van der Waals surface area contributed by atoms with Gasteiger partial charge in [0.25, 0.3) is 0 Å². The van der Waals surface area contributed by atoms with Crippen molar-refractivity contribution >= 4 is 10.9 Å². The number of ether oxygens (including phenoxy) is 3. The lowest BCUT2D eigenvalue weighted by Crippen LogP contribution is -2.10. The van der Waals surface area contributed by atoms with E-state index in [4.69, 9.17) is 14.2 Å². The van der Waals surface area contributed by atoms with E-state index in [1.54, 1.807) is 69.9 Å². The van der Waals surface area contributed by atoms with Crippen molar-refractivity contribution < 1.29 is 27.4 Å². The third-order valence-electron chi connectivity index (χ3n) is 7.70. The third-order valence-corrected chi connectivity index (χ3v) is 9.95. The molecule has 0 spiro atoms. The van der Waals surface area contributed by atoms with E-state index in [1.165, 1.54) is 24.3 Å². The number of halogens is 3. The van der Waals surface area contributed by atoms with E-state index in [2.05, 4.69) is 0 Å². The highest BCUT2D eigenvalue weighted by Crippen LogP contribution is 2.47. The van der Waals surface area contributed by atoms with Gasteiger partial charge in [0, 0.05) is 22.8 Å². The van der Waals surface area contributed by atoms with Gasteiger partial charge in [-0.15, -0.1) is 0 Å². The second kappa shape index (κ2) is 13.5. The quantitative estimate of drug-likeness (QED) is 0.148. The van der Waals surface area contributed by atoms with E-state index in [9.17, 15) is 8.78 Å². The van der Waals surface area contributed by atoms with Crippen LogP contribution in [0.1, 0.15) is 0 Å². The molecule has 0 saturated carbocycles. The topological polar surface area (TPSA) is 27.7 Å². The summed E-state index contributed by atoms with van der Waals surface area (Å²) in [4.78, 5) is 2.35. The molecule has 7 heteroatoms. The number of methoxy groups -OCH3 is 3. The molecule has 0 N–H and O–H groups in total. The van der Waals surface area contributed by atoms with Gasteiger partial charge < -0.3 is 14.2 Å². The molecule has 0 aliphatic carbocycles. The Bertz CT molecular complexity index is 1900. The van der Waals surface area contributed by atoms with E-state index in [-0.39, 0.29) is 11.6 Å². The highest BCUT2D eigenvalue weighted by molar-refractivity contribution is 7.97. The zero-order chi connectivity index (χ0) is 32.2. The van der Waals surface area contributed by atoms with E-state index in [1.807, 2.05) is 54.6 Å². The molecule has 0 fully saturated rings. The summed E-state index contributed by atoms with van der Waals surface area (Å²) in [5.74, 6) is 0.776. The molecule has 0 atom stereocenters. The summed E-state index contributed by atoms with van der Waals surface area (Å²) in [5, 5.41) is 0. The van der Waals surface area contributed by atoms with Crippen LogP contribution >= 0.6 is 0 Å². The molecule has 230 valence electrons. The van der Waals surface area contributed by atoms with Gasteiger partial charge in [0.1, 0.15) is 34.7 Å². The Hall–Kier alpha value is -5.14. The molecule has 0 aliphatic heterocycles. The Morgan fingerprint density at radius 2 is 0.804 bits per heavy atom. The van der Waals surface area contributed by atoms with Gasteiger partial charge in [0.05, 0.1) is 32.2 Å². The predicted molar refractivity (Wildman–Crippen MR) is 177 cm³/mol. The summed E-state index contributed by atoms with van der Waals surface area (Å²) < 4.78 is 62.0. The third kappa shape index (κ3) is 6.19. The molecule has 0 radical (unpaired) electrons. The molecular weight excluding hydrogens is 605 g/mol. The van der Waals surface area contributed by atoms with Crippen molar-refractivity contribution in [1.82, 2.24) is 0 Å². The molecule has 6 aromatic carbocycles. The number of rotatable bonds is 9. The highest BCUT2D eigenvalue weighted by atomic mass is 32.2. The van der Waals surface area contributed by atoms with E-state index in [0.717, 1.165) is 20.2 Å². The molecule has 0 unspecified atom stereocenters. The molecular formula is C39H30F3O3S+. The Morgan fingerprint density at radius 1 is 0.435 bits per heavy atom. The van der Waals surface area contributed by atoms with Crippen molar-refractivity contribution in [1.29, 1.82) is 0 Å². The fraction of sp³-hybridized carbons (Fsp3) is 0.0769. The van der Waals surface area contributed by atoms with Gasteiger partial charge in [-0.2, -0.15) is 0 Å². The molecule has 3 nitrogen and oxygen atoms in total. The highest BCUT2D eigenvalue weighted by Gasteiger charge is 2.36. The van der Waals surface area contributed by atoms with Crippen molar-refractivity contribution in [2.24, 2.45) is 0 Å². The lowest BCUT2D eigenvalue weighted by Gasteiger charge is -2.20. The van der Waals surface area contributed by atoms with Gasteiger partial charge >= 0.3 is 0 Å². The summed E-state index contributed by atoms with van der Waals surface area (Å²) in [6.45, 7) is 0. The maximum Gasteiger partial charge on any atom is 0.175 e. The standard InChI is InChI=1S/C39H30F3O3S/c1-43-30-14-4-25(5-15-30)35-24-36(46(33-20-10-28(40)11-21-33)34-22-12-29(41)13-23-34)37(26-6-16-31(44-2)17-7-26)38(39(35)42)27-8-18-32(45-3)19-9-27/h4-24H,1-3H3/q+1. The molecule has 0 aromatic heterocycles. The Labute approximate surface area is 269 Å². The molecule has 0 aliphatic rings. The van der Waals surface area contributed by atoms with Crippen molar-refractivity contribution in [3.05, 3.63) is 145 Å². The second-order valence-corrected chi connectivity index (χ2v) is 12.4. The lowest BCUT2D eigenvalue weighted by atomic mass is 9.90. The first-order chi connectivity index (χ1) is 22.4. The fourth-order valence-corrected chi connectivity index (χ4v) is 7.64. The van der Waals surface area contributed by atoms with Crippen LogP contribution in [0.15, 0.2) is 142 Å². The Morgan fingerprint density at radius 3 is 1.20 bits per heavy atom. The molecule has 6 rings (SSSR count). The van der Waals surface area contributed by atoms with Gasteiger partial charge in [0.2, 0.25) is 0 Å². The van der Waals surface area contributed by atoms with Gasteiger partial charge in [-0.05, 0) is 102 Å². The van der Waals surface area contributed by atoms with Crippen molar-refractivity contribution in [3.63, 3.8) is 0 Å². The fourth-order valence-electron chi connectivity index (χ4n) is 5.38. The minimum Gasteiger partial charge on any atom is -0.497 e. The Kier molecular flexibility index (Phi) is 9.04. The summed E-state index contributed by atoms with van der Waals surface area (Å²) in [5.41, 5.74) is 3.46. The number of hydrogen-bond acceptors (Lipinski definition) is 3. The maximum absolute atomic E-state index is 17.3. The van der Waals surface area contributed by atoms with E-state index < -0.39 is 16.7 Å². The van der Waals surface area contributed by atoms with Gasteiger partial charge in [-0.1, -0.05) is 36.4 Å². The second-order valence-electron chi connectivity index (χ2n) is 10.4. The van der Waals surface area contributed by atoms with Crippen LogP contribution in [0.3, 0.4) is 0 Å². The summed E-state index contributed by atoms with van der Waals surface area (Å²) in [6, 6.07) is 36.3. The summed E-state index contributed by atoms with van der Waals surface area (Å²) >= 11 is 0. The summed E-state index contributed by atoms with van der Waals surface area (Å²) in [7, 11) is 3.83. The van der Waals surface area contributed by atoms with Gasteiger partial charge in [-0.25, -0.2) is 13.2 Å².